The molecule has 1 aromatic heterocycles. The summed E-state index contributed by atoms with van der Waals surface area (Å²) in [4.78, 5) is 14.6. The maximum absolute atomic E-state index is 12.3. The van der Waals surface area contributed by atoms with E-state index in [0.717, 1.165) is 58.1 Å². The number of morpholine rings is 1. The molecule has 1 aliphatic carbocycles. The predicted molar refractivity (Wildman–Crippen MR) is 78.5 cm³/mol. The van der Waals surface area contributed by atoms with Gasteiger partial charge in [-0.1, -0.05) is 0 Å². The van der Waals surface area contributed by atoms with Crippen LogP contribution in [0.1, 0.15) is 29.0 Å². The summed E-state index contributed by atoms with van der Waals surface area (Å²) < 4.78 is 16.4. The Morgan fingerprint density at radius 1 is 1.32 bits per heavy atom. The molecule has 2 saturated heterocycles. The maximum atomic E-state index is 12.3. The van der Waals surface area contributed by atoms with E-state index in [-0.39, 0.29) is 11.9 Å². The van der Waals surface area contributed by atoms with Crippen LogP contribution in [0.3, 0.4) is 0 Å². The van der Waals surface area contributed by atoms with Crippen LogP contribution in [0.15, 0.2) is 16.7 Å². The van der Waals surface area contributed by atoms with Gasteiger partial charge in [-0.15, -0.1) is 0 Å². The fourth-order valence-corrected chi connectivity index (χ4v) is 3.58. The quantitative estimate of drug-likeness (QED) is 0.900. The monoisotopic (exact) mass is 306 g/mol. The first-order valence-corrected chi connectivity index (χ1v) is 8.09. The Morgan fingerprint density at radius 2 is 2.18 bits per heavy atom. The molecule has 4 rings (SSSR count). The molecule has 1 N–H and O–H groups in total. The van der Waals surface area contributed by atoms with Crippen molar-refractivity contribution in [3.05, 3.63) is 23.7 Å². The van der Waals surface area contributed by atoms with Gasteiger partial charge in [0.05, 0.1) is 31.4 Å². The van der Waals surface area contributed by atoms with Gasteiger partial charge in [-0.3, -0.25) is 9.69 Å². The number of hydrogen-bond donors (Lipinski definition) is 1. The smallest absolute Gasteiger partial charge is 0.254 e. The number of nitrogens with one attached hydrogen (secondary N) is 1. The van der Waals surface area contributed by atoms with E-state index in [4.69, 9.17) is 13.9 Å². The molecule has 6 nitrogen and oxygen atoms in total. The van der Waals surface area contributed by atoms with Gasteiger partial charge < -0.3 is 19.2 Å². The van der Waals surface area contributed by atoms with Crippen LogP contribution >= 0.6 is 0 Å². The van der Waals surface area contributed by atoms with Crippen LogP contribution < -0.4 is 5.32 Å². The summed E-state index contributed by atoms with van der Waals surface area (Å²) in [5.74, 6) is 1.30. The number of nitrogens with zero attached hydrogens (tertiary/aromatic N) is 1. The Balaban J connectivity index is 1.31. The van der Waals surface area contributed by atoms with Crippen LogP contribution in [0, 0.1) is 5.92 Å². The molecule has 0 bridgehead atoms. The molecule has 0 spiro atoms. The van der Waals surface area contributed by atoms with Crippen LogP contribution in [-0.2, 0) is 16.0 Å². The highest BCUT2D eigenvalue weighted by Crippen LogP contribution is 2.38. The second-order valence-corrected chi connectivity index (χ2v) is 6.37. The number of fused-ring (bicyclic) bond motifs is 1. The van der Waals surface area contributed by atoms with Crippen LogP contribution in [0.5, 0.6) is 0 Å². The number of amides is 1. The van der Waals surface area contributed by atoms with E-state index in [1.807, 2.05) is 6.07 Å². The summed E-state index contributed by atoms with van der Waals surface area (Å²) >= 11 is 0. The number of ether oxygens (including phenoxy) is 2. The number of carbonyl (C=O) groups excluding carboxylic acids is 1. The lowest BCUT2D eigenvalue weighted by Crippen LogP contribution is -2.53. The zero-order chi connectivity index (χ0) is 14.9. The fourth-order valence-electron chi connectivity index (χ4n) is 3.58. The first kappa shape index (κ1) is 14.2. The van der Waals surface area contributed by atoms with E-state index < -0.39 is 0 Å². The molecule has 3 unspecified atom stereocenters. The lowest BCUT2D eigenvalue weighted by molar-refractivity contribution is 0.00809. The predicted octanol–water partition coefficient (Wildman–Crippen LogP) is 1.02. The number of rotatable bonds is 4. The standard InChI is InChI=1S/C16H22N2O4/c19-16(17-14-8-15-13(14)1-4-21-15)11-7-12(22-10-11)9-18-2-5-20-6-3-18/h7,10,13-15H,1-6,8-9H2,(H,17,19). The minimum Gasteiger partial charge on any atom is -0.467 e. The molecule has 0 radical (unpaired) electrons. The van der Waals surface area contributed by atoms with E-state index in [0.29, 0.717) is 17.6 Å². The molecule has 3 fully saturated rings. The zero-order valence-electron chi connectivity index (χ0n) is 12.6. The van der Waals surface area contributed by atoms with Crippen molar-refractivity contribution in [1.29, 1.82) is 0 Å². The summed E-state index contributed by atoms with van der Waals surface area (Å²) in [6.45, 7) is 4.91. The van der Waals surface area contributed by atoms with Gasteiger partial charge in [0.25, 0.3) is 5.91 Å². The van der Waals surface area contributed by atoms with Gasteiger partial charge in [0.15, 0.2) is 0 Å². The van der Waals surface area contributed by atoms with Gasteiger partial charge in [0.2, 0.25) is 0 Å². The third-order valence-corrected chi connectivity index (χ3v) is 4.98. The molecule has 1 aromatic rings. The minimum atomic E-state index is -0.0349. The van der Waals surface area contributed by atoms with Crippen LogP contribution in [0.2, 0.25) is 0 Å². The zero-order valence-corrected chi connectivity index (χ0v) is 12.6. The summed E-state index contributed by atoms with van der Waals surface area (Å²) in [5.41, 5.74) is 0.616. The van der Waals surface area contributed by atoms with E-state index in [1.54, 1.807) is 6.26 Å². The lowest BCUT2D eigenvalue weighted by atomic mass is 9.76. The number of hydrogen-bond acceptors (Lipinski definition) is 5. The van der Waals surface area contributed by atoms with Crippen molar-refractivity contribution in [3.63, 3.8) is 0 Å². The third kappa shape index (κ3) is 2.78. The van der Waals surface area contributed by atoms with E-state index >= 15 is 0 Å². The largest absolute Gasteiger partial charge is 0.467 e. The molecular formula is C16H22N2O4. The van der Waals surface area contributed by atoms with Crippen LogP contribution in [-0.4, -0.2) is 55.9 Å². The summed E-state index contributed by atoms with van der Waals surface area (Å²) in [6.07, 6.45) is 3.93. The van der Waals surface area contributed by atoms with Crippen molar-refractivity contribution in [2.24, 2.45) is 5.92 Å². The summed E-state index contributed by atoms with van der Waals surface area (Å²) in [5, 5.41) is 3.11. The van der Waals surface area contributed by atoms with Crippen molar-refractivity contribution in [1.82, 2.24) is 10.2 Å². The molecule has 3 heterocycles. The number of furan rings is 1. The van der Waals surface area contributed by atoms with E-state index in [1.165, 1.54) is 0 Å². The molecule has 3 aliphatic rings. The average molecular weight is 306 g/mol. The molecular weight excluding hydrogens is 284 g/mol. The third-order valence-electron chi connectivity index (χ3n) is 4.98. The SMILES string of the molecule is O=C(NC1CC2OCCC12)c1coc(CN2CCOCC2)c1. The molecule has 2 aliphatic heterocycles. The van der Waals surface area contributed by atoms with Crippen LogP contribution in [0.4, 0.5) is 0 Å². The Labute approximate surface area is 129 Å². The van der Waals surface area contributed by atoms with E-state index in [9.17, 15) is 4.79 Å². The second kappa shape index (κ2) is 6.02. The average Bonchev–Trinajstić information content (AvgIpc) is 3.12. The topological polar surface area (TPSA) is 63.9 Å². The van der Waals surface area contributed by atoms with Crippen molar-refractivity contribution in [2.45, 2.75) is 31.5 Å². The first-order valence-electron chi connectivity index (χ1n) is 8.09. The van der Waals surface area contributed by atoms with Crippen molar-refractivity contribution >= 4 is 5.91 Å². The normalized spacial score (nSPS) is 31.5. The van der Waals surface area contributed by atoms with Gasteiger partial charge in [0.1, 0.15) is 12.0 Å². The van der Waals surface area contributed by atoms with Crippen molar-refractivity contribution < 1.29 is 18.7 Å². The van der Waals surface area contributed by atoms with E-state index in [2.05, 4.69) is 10.2 Å². The maximum Gasteiger partial charge on any atom is 0.254 e. The summed E-state index contributed by atoms with van der Waals surface area (Å²) in [6, 6.07) is 2.11. The van der Waals surface area contributed by atoms with Gasteiger partial charge in [-0.2, -0.15) is 0 Å². The minimum absolute atomic E-state index is 0.0349. The van der Waals surface area contributed by atoms with Gasteiger partial charge >= 0.3 is 0 Å². The highest BCUT2D eigenvalue weighted by atomic mass is 16.5. The molecule has 22 heavy (non-hydrogen) atoms. The van der Waals surface area contributed by atoms with Crippen molar-refractivity contribution in [2.75, 3.05) is 32.9 Å². The molecule has 120 valence electrons. The summed E-state index contributed by atoms with van der Waals surface area (Å²) in [7, 11) is 0. The first-order chi connectivity index (χ1) is 10.8. The molecule has 0 aromatic carbocycles. The molecule has 1 amide bonds. The van der Waals surface area contributed by atoms with Crippen molar-refractivity contribution in [3.8, 4) is 0 Å². The van der Waals surface area contributed by atoms with Crippen LogP contribution in [0.25, 0.3) is 0 Å². The Morgan fingerprint density at radius 3 is 3.00 bits per heavy atom. The lowest BCUT2D eigenvalue weighted by Gasteiger charge is -2.39. The Bertz CT molecular complexity index is 538. The molecule has 3 atom stereocenters. The highest BCUT2D eigenvalue weighted by Gasteiger charge is 2.45. The van der Waals surface area contributed by atoms with Gasteiger partial charge in [-0.05, 0) is 18.9 Å². The second-order valence-electron chi connectivity index (χ2n) is 6.37. The number of carbonyl (C=O) groups is 1. The van der Waals surface area contributed by atoms with Gasteiger partial charge in [0, 0.05) is 31.7 Å². The molecule has 6 heteroatoms. The fraction of sp³-hybridized carbons (Fsp3) is 0.688. The van der Waals surface area contributed by atoms with Gasteiger partial charge in [-0.25, -0.2) is 0 Å². The Kier molecular flexibility index (Phi) is 3.90. The molecule has 1 saturated carbocycles. The Hall–Kier alpha value is -1.37. The highest BCUT2D eigenvalue weighted by molar-refractivity contribution is 5.94.